The summed E-state index contributed by atoms with van der Waals surface area (Å²) in [7, 11) is 0. The van der Waals surface area contributed by atoms with Gasteiger partial charge >= 0.3 is 0 Å². The highest BCUT2D eigenvalue weighted by atomic mass is 16.3. The van der Waals surface area contributed by atoms with Crippen LogP contribution in [0.15, 0.2) is 18.7 Å². The Morgan fingerprint density at radius 2 is 2.17 bits per heavy atom. The van der Waals surface area contributed by atoms with E-state index in [1.54, 1.807) is 0 Å². The van der Waals surface area contributed by atoms with Crippen LogP contribution in [0.25, 0.3) is 0 Å². The molecule has 0 aliphatic carbocycles. The van der Waals surface area contributed by atoms with E-state index in [2.05, 4.69) is 15.3 Å². The standard InChI is InChI=1S/C7H9N3O2/c1-5(11)10-7(12)6-2-8-4-9-3-6/h2-5,11H,1H3,(H,10,12). The van der Waals surface area contributed by atoms with Gasteiger partial charge in [-0.3, -0.25) is 4.79 Å². The number of aliphatic hydroxyl groups excluding tert-OH is 1. The molecule has 12 heavy (non-hydrogen) atoms. The molecule has 1 rings (SSSR count). The first kappa shape index (κ1) is 8.61. The van der Waals surface area contributed by atoms with E-state index in [1.807, 2.05) is 0 Å². The van der Waals surface area contributed by atoms with E-state index in [1.165, 1.54) is 25.6 Å². The molecule has 0 aliphatic rings. The van der Waals surface area contributed by atoms with Gasteiger partial charge in [-0.1, -0.05) is 0 Å². The molecule has 0 saturated carbocycles. The largest absolute Gasteiger partial charge is 0.374 e. The zero-order chi connectivity index (χ0) is 8.97. The van der Waals surface area contributed by atoms with Gasteiger partial charge in [0.15, 0.2) is 0 Å². The van der Waals surface area contributed by atoms with Crippen LogP contribution in [0.4, 0.5) is 0 Å². The number of aromatic nitrogens is 2. The number of hydrogen-bond acceptors (Lipinski definition) is 4. The lowest BCUT2D eigenvalue weighted by molar-refractivity contribution is 0.0818. The van der Waals surface area contributed by atoms with Crippen LogP contribution in [0.3, 0.4) is 0 Å². The Kier molecular flexibility index (Phi) is 2.71. The third-order valence-electron chi connectivity index (χ3n) is 1.16. The molecular formula is C7H9N3O2. The van der Waals surface area contributed by atoms with Gasteiger partial charge in [0, 0.05) is 12.4 Å². The van der Waals surface area contributed by atoms with Gasteiger partial charge in [-0.25, -0.2) is 9.97 Å². The fourth-order valence-corrected chi connectivity index (χ4v) is 0.689. The minimum atomic E-state index is -0.863. The van der Waals surface area contributed by atoms with E-state index in [9.17, 15) is 4.79 Å². The third-order valence-corrected chi connectivity index (χ3v) is 1.16. The molecule has 0 bridgehead atoms. The highest BCUT2D eigenvalue weighted by molar-refractivity contribution is 5.93. The molecule has 0 fully saturated rings. The normalized spacial score (nSPS) is 12.2. The summed E-state index contributed by atoms with van der Waals surface area (Å²) in [5.74, 6) is -0.384. The van der Waals surface area contributed by atoms with Gasteiger partial charge in [-0.15, -0.1) is 0 Å². The van der Waals surface area contributed by atoms with Crippen molar-refractivity contribution in [2.75, 3.05) is 0 Å². The predicted octanol–water partition coefficient (Wildman–Crippen LogP) is -0.455. The summed E-state index contributed by atoms with van der Waals surface area (Å²) in [5, 5.41) is 11.1. The lowest BCUT2D eigenvalue weighted by Crippen LogP contribution is -2.32. The van der Waals surface area contributed by atoms with E-state index in [4.69, 9.17) is 5.11 Å². The molecule has 1 heterocycles. The smallest absolute Gasteiger partial charge is 0.256 e. The second-order valence-electron chi connectivity index (χ2n) is 2.28. The van der Waals surface area contributed by atoms with Gasteiger partial charge in [-0.05, 0) is 6.92 Å². The molecule has 0 radical (unpaired) electrons. The van der Waals surface area contributed by atoms with E-state index >= 15 is 0 Å². The average Bonchev–Trinajstić information content (AvgIpc) is 2.05. The molecule has 2 N–H and O–H groups in total. The highest BCUT2D eigenvalue weighted by Crippen LogP contribution is 1.92. The molecule has 1 unspecified atom stereocenters. The van der Waals surface area contributed by atoms with E-state index in [0.29, 0.717) is 5.56 Å². The molecule has 5 nitrogen and oxygen atoms in total. The number of nitrogens with one attached hydrogen (secondary N) is 1. The van der Waals surface area contributed by atoms with Gasteiger partial charge in [0.2, 0.25) is 0 Å². The van der Waals surface area contributed by atoms with Gasteiger partial charge in [0.25, 0.3) is 5.91 Å². The van der Waals surface area contributed by atoms with E-state index < -0.39 is 6.23 Å². The summed E-state index contributed by atoms with van der Waals surface area (Å²) in [6, 6.07) is 0. The van der Waals surface area contributed by atoms with E-state index in [-0.39, 0.29) is 5.91 Å². The van der Waals surface area contributed by atoms with Crippen molar-refractivity contribution < 1.29 is 9.90 Å². The number of carbonyl (C=O) groups excluding carboxylic acids is 1. The summed E-state index contributed by atoms with van der Waals surface area (Å²) in [6.07, 6.45) is 3.23. The fraction of sp³-hybridized carbons (Fsp3) is 0.286. The Balaban J connectivity index is 2.66. The maximum atomic E-state index is 11.1. The maximum absolute atomic E-state index is 11.1. The van der Waals surface area contributed by atoms with Crippen molar-refractivity contribution in [3.8, 4) is 0 Å². The van der Waals surface area contributed by atoms with Crippen molar-refractivity contribution in [3.63, 3.8) is 0 Å². The summed E-state index contributed by atoms with van der Waals surface area (Å²) in [4.78, 5) is 18.4. The first-order valence-electron chi connectivity index (χ1n) is 3.44. The third kappa shape index (κ3) is 2.28. The maximum Gasteiger partial charge on any atom is 0.256 e. The van der Waals surface area contributed by atoms with Crippen LogP contribution in [0.5, 0.6) is 0 Å². The van der Waals surface area contributed by atoms with Gasteiger partial charge in [0.05, 0.1) is 5.56 Å². The van der Waals surface area contributed by atoms with Gasteiger partial charge in [0.1, 0.15) is 12.6 Å². The number of rotatable bonds is 2. The Hall–Kier alpha value is -1.49. The lowest BCUT2D eigenvalue weighted by atomic mass is 10.3. The summed E-state index contributed by atoms with van der Waals surface area (Å²) < 4.78 is 0. The van der Waals surface area contributed by atoms with Crippen LogP contribution in [0.2, 0.25) is 0 Å². The highest BCUT2D eigenvalue weighted by Gasteiger charge is 2.06. The average molecular weight is 167 g/mol. The van der Waals surface area contributed by atoms with Crippen molar-refractivity contribution in [2.24, 2.45) is 0 Å². The van der Waals surface area contributed by atoms with Crippen molar-refractivity contribution in [1.82, 2.24) is 15.3 Å². The van der Waals surface area contributed by atoms with Crippen LogP contribution >= 0.6 is 0 Å². The first-order chi connectivity index (χ1) is 5.70. The summed E-state index contributed by atoms with van der Waals surface area (Å²) >= 11 is 0. The molecule has 0 saturated heterocycles. The van der Waals surface area contributed by atoms with Crippen LogP contribution < -0.4 is 5.32 Å². The van der Waals surface area contributed by atoms with Gasteiger partial charge in [-0.2, -0.15) is 0 Å². The van der Waals surface area contributed by atoms with Crippen LogP contribution in [-0.2, 0) is 0 Å². The Morgan fingerprint density at radius 1 is 1.58 bits per heavy atom. The van der Waals surface area contributed by atoms with Crippen molar-refractivity contribution in [3.05, 3.63) is 24.3 Å². The zero-order valence-corrected chi connectivity index (χ0v) is 6.56. The second kappa shape index (κ2) is 3.77. The second-order valence-corrected chi connectivity index (χ2v) is 2.28. The molecule has 0 spiro atoms. The molecule has 0 aromatic carbocycles. The molecule has 64 valence electrons. The van der Waals surface area contributed by atoms with Crippen molar-refractivity contribution >= 4 is 5.91 Å². The molecule has 1 aromatic rings. The van der Waals surface area contributed by atoms with Crippen LogP contribution in [0, 0.1) is 0 Å². The lowest BCUT2D eigenvalue weighted by Gasteiger charge is -2.05. The molecule has 0 aliphatic heterocycles. The molecule has 1 atom stereocenters. The minimum absolute atomic E-state index is 0.332. The molecule has 1 amide bonds. The SMILES string of the molecule is CC(O)NC(=O)c1cncnc1. The van der Waals surface area contributed by atoms with Crippen molar-refractivity contribution in [2.45, 2.75) is 13.2 Å². The summed E-state index contributed by atoms with van der Waals surface area (Å²) in [5.41, 5.74) is 0.332. The number of carbonyl (C=O) groups is 1. The van der Waals surface area contributed by atoms with Gasteiger partial charge < -0.3 is 10.4 Å². The quantitative estimate of drug-likeness (QED) is 0.585. The van der Waals surface area contributed by atoms with Crippen LogP contribution in [-0.4, -0.2) is 27.2 Å². The Bertz CT molecular complexity index is 261. The number of nitrogens with zero attached hydrogens (tertiary/aromatic N) is 2. The zero-order valence-electron chi connectivity index (χ0n) is 6.56. The molecular weight excluding hydrogens is 158 g/mol. The van der Waals surface area contributed by atoms with E-state index in [0.717, 1.165) is 0 Å². The monoisotopic (exact) mass is 167 g/mol. The predicted molar refractivity (Wildman–Crippen MR) is 41.2 cm³/mol. The Labute approximate surface area is 69.5 Å². The number of aliphatic hydroxyl groups is 1. The molecule has 5 heteroatoms. The topological polar surface area (TPSA) is 75.1 Å². The van der Waals surface area contributed by atoms with Crippen molar-refractivity contribution in [1.29, 1.82) is 0 Å². The summed E-state index contributed by atoms with van der Waals surface area (Å²) in [6.45, 7) is 1.46. The number of hydrogen-bond donors (Lipinski definition) is 2. The Morgan fingerprint density at radius 3 is 2.67 bits per heavy atom. The number of amides is 1. The minimum Gasteiger partial charge on any atom is -0.374 e. The van der Waals surface area contributed by atoms with Crippen LogP contribution in [0.1, 0.15) is 17.3 Å². The first-order valence-corrected chi connectivity index (χ1v) is 3.44. The molecule has 1 aromatic heterocycles. The fourth-order valence-electron chi connectivity index (χ4n) is 0.689.